The van der Waals surface area contributed by atoms with Gasteiger partial charge >= 0.3 is 5.97 Å². The number of hydrogen-bond donors (Lipinski definition) is 8. The van der Waals surface area contributed by atoms with Gasteiger partial charge in [0.25, 0.3) is 0 Å². The Morgan fingerprint density at radius 3 is 1.71 bits per heavy atom. The summed E-state index contributed by atoms with van der Waals surface area (Å²) in [6.45, 7) is 4.76. The van der Waals surface area contributed by atoms with Gasteiger partial charge in [0.15, 0.2) is 0 Å². The first-order valence-electron chi connectivity index (χ1n) is 10.8. The highest BCUT2D eigenvalue weighted by atomic mass is 16.4. The molecule has 5 atom stereocenters. The van der Waals surface area contributed by atoms with Crippen LogP contribution in [0.4, 0.5) is 0 Å². The first-order chi connectivity index (χ1) is 15.6. The maximum absolute atomic E-state index is 12.8. The Morgan fingerprint density at radius 2 is 1.26 bits per heavy atom. The molecule has 14 nitrogen and oxygen atoms in total. The number of nitrogens with two attached hydrogens (primary N) is 3. The second kappa shape index (κ2) is 14.8. The molecule has 0 bridgehead atoms. The van der Waals surface area contributed by atoms with Crippen molar-refractivity contribution in [1.29, 1.82) is 0 Å². The minimum atomic E-state index is -1.49. The fourth-order valence-electron chi connectivity index (χ4n) is 2.88. The van der Waals surface area contributed by atoms with Crippen LogP contribution < -0.4 is 33.2 Å². The summed E-state index contributed by atoms with van der Waals surface area (Å²) in [5, 5.41) is 26.2. The van der Waals surface area contributed by atoms with E-state index in [1.54, 1.807) is 13.8 Å². The van der Waals surface area contributed by atoms with E-state index in [4.69, 9.17) is 17.2 Å². The molecule has 0 aliphatic heterocycles. The highest BCUT2D eigenvalue weighted by Crippen LogP contribution is 2.08. The van der Waals surface area contributed by atoms with Crippen molar-refractivity contribution in [3.63, 3.8) is 0 Å². The molecule has 11 N–H and O–H groups in total. The SMILES string of the molecule is CC(C)CC(NC(=O)C(NC(=O)C(N)CCC(N)=O)C(C)O)C(=O)NC(CCC(N)=O)C(=O)O. The second-order valence-electron chi connectivity index (χ2n) is 8.43. The third kappa shape index (κ3) is 12.1. The van der Waals surface area contributed by atoms with Crippen LogP contribution in [-0.2, 0) is 28.8 Å². The molecule has 0 spiro atoms. The molecule has 0 rings (SSSR count). The molecule has 0 aromatic rings. The average Bonchev–Trinajstić information content (AvgIpc) is 2.70. The van der Waals surface area contributed by atoms with Crippen molar-refractivity contribution in [1.82, 2.24) is 16.0 Å². The largest absolute Gasteiger partial charge is 0.480 e. The lowest BCUT2D eigenvalue weighted by Crippen LogP contribution is -2.60. The van der Waals surface area contributed by atoms with Gasteiger partial charge in [0, 0.05) is 12.8 Å². The molecule has 0 aromatic carbocycles. The van der Waals surface area contributed by atoms with Crippen LogP contribution in [-0.4, -0.2) is 76.0 Å². The molecular weight excluding hydrogens is 452 g/mol. The van der Waals surface area contributed by atoms with Gasteiger partial charge in [-0.25, -0.2) is 4.79 Å². The Kier molecular flexibility index (Phi) is 13.4. The number of carbonyl (C=O) groups is 6. The van der Waals surface area contributed by atoms with Gasteiger partial charge in [0.2, 0.25) is 29.5 Å². The fourth-order valence-corrected chi connectivity index (χ4v) is 2.88. The van der Waals surface area contributed by atoms with Gasteiger partial charge in [0.1, 0.15) is 18.1 Å². The number of carboxylic acids is 1. The standard InChI is InChI=1S/C20H36N6O8/c1-9(2)8-13(18(31)24-12(20(33)34)5-7-15(23)29)25-19(32)16(10(3)27)26-17(30)11(21)4-6-14(22)28/h9-13,16,27H,4-8,21H2,1-3H3,(H2,22,28)(H2,23,29)(H,24,31)(H,25,32)(H,26,30)(H,33,34). The molecule has 0 radical (unpaired) electrons. The summed E-state index contributed by atoms with van der Waals surface area (Å²) in [5.41, 5.74) is 15.7. The number of primary amides is 2. The van der Waals surface area contributed by atoms with Crippen LogP contribution in [0.15, 0.2) is 0 Å². The second-order valence-corrected chi connectivity index (χ2v) is 8.43. The van der Waals surface area contributed by atoms with Crippen molar-refractivity contribution in [3.8, 4) is 0 Å². The number of carbonyl (C=O) groups excluding carboxylic acids is 5. The van der Waals surface area contributed by atoms with Crippen LogP contribution in [0, 0.1) is 5.92 Å². The van der Waals surface area contributed by atoms with E-state index in [0.29, 0.717) is 0 Å². The molecular formula is C20H36N6O8. The zero-order valence-electron chi connectivity index (χ0n) is 19.6. The Balaban J connectivity index is 5.41. The number of nitrogens with one attached hydrogen (secondary N) is 3. The maximum atomic E-state index is 12.8. The van der Waals surface area contributed by atoms with Gasteiger partial charge in [-0.3, -0.25) is 24.0 Å². The monoisotopic (exact) mass is 488 g/mol. The lowest BCUT2D eigenvalue weighted by molar-refractivity contribution is -0.143. The third-order valence-electron chi connectivity index (χ3n) is 4.74. The summed E-state index contributed by atoms with van der Waals surface area (Å²) >= 11 is 0. The minimum Gasteiger partial charge on any atom is -0.480 e. The van der Waals surface area contributed by atoms with Gasteiger partial charge in [0.05, 0.1) is 12.1 Å². The first kappa shape index (κ1) is 30.7. The van der Waals surface area contributed by atoms with Crippen LogP contribution in [0.2, 0.25) is 0 Å². The summed E-state index contributed by atoms with van der Waals surface area (Å²) in [7, 11) is 0. The molecule has 0 saturated carbocycles. The van der Waals surface area contributed by atoms with E-state index in [1.807, 2.05) is 0 Å². The topological polar surface area (TPSA) is 257 Å². The van der Waals surface area contributed by atoms with Crippen molar-refractivity contribution >= 4 is 35.5 Å². The highest BCUT2D eigenvalue weighted by molar-refractivity contribution is 5.94. The normalized spacial score (nSPS) is 15.4. The molecule has 0 aliphatic rings. The molecule has 5 unspecified atom stereocenters. The predicted molar refractivity (Wildman–Crippen MR) is 119 cm³/mol. The number of aliphatic hydroxyl groups excluding tert-OH is 1. The molecule has 0 fully saturated rings. The van der Waals surface area contributed by atoms with Crippen molar-refractivity contribution in [2.45, 2.75) is 83.1 Å². The van der Waals surface area contributed by atoms with Crippen molar-refractivity contribution < 1.29 is 39.0 Å². The van der Waals surface area contributed by atoms with Gasteiger partial charge in [-0.2, -0.15) is 0 Å². The number of aliphatic carboxylic acids is 1. The maximum Gasteiger partial charge on any atom is 0.326 e. The number of carboxylic acid groups (broad SMARTS) is 1. The van der Waals surface area contributed by atoms with Gasteiger partial charge in [-0.05, 0) is 32.1 Å². The molecule has 0 saturated heterocycles. The third-order valence-corrected chi connectivity index (χ3v) is 4.74. The van der Waals surface area contributed by atoms with Gasteiger partial charge < -0.3 is 43.4 Å². The van der Waals surface area contributed by atoms with Crippen LogP contribution in [0.25, 0.3) is 0 Å². The lowest BCUT2D eigenvalue weighted by Gasteiger charge is -2.27. The molecule has 194 valence electrons. The Labute approximate surface area is 197 Å². The van der Waals surface area contributed by atoms with Crippen LogP contribution in [0.3, 0.4) is 0 Å². The lowest BCUT2D eigenvalue weighted by atomic mass is 10.0. The number of aliphatic hydroxyl groups is 1. The minimum absolute atomic E-state index is 0.0738. The van der Waals surface area contributed by atoms with E-state index in [2.05, 4.69) is 16.0 Å². The van der Waals surface area contributed by atoms with E-state index in [9.17, 15) is 39.0 Å². The van der Waals surface area contributed by atoms with Crippen molar-refractivity contribution in [2.75, 3.05) is 0 Å². The number of rotatable bonds is 16. The smallest absolute Gasteiger partial charge is 0.326 e. The fraction of sp³-hybridized carbons (Fsp3) is 0.700. The van der Waals surface area contributed by atoms with E-state index >= 15 is 0 Å². The van der Waals surface area contributed by atoms with E-state index in [0.717, 1.165) is 0 Å². The Hall–Kier alpha value is -3.26. The summed E-state index contributed by atoms with van der Waals surface area (Å²) in [4.78, 5) is 71.0. The summed E-state index contributed by atoms with van der Waals surface area (Å²) < 4.78 is 0. The zero-order valence-corrected chi connectivity index (χ0v) is 19.6. The summed E-state index contributed by atoms with van der Waals surface area (Å²) in [6.07, 6.45) is -2.01. The van der Waals surface area contributed by atoms with E-state index < -0.39 is 65.8 Å². The number of hydrogen-bond acceptors (Lipinski definition) is 8. The molecule has 34 heavy (non-hydrogen) atoms. The van der Waals surface area contributed by atoms with Crippen LogP contribution in [0.5, 0.6) is 0 Å². The quantitative estimate of drug-likeness (QED) is 0.109. The molecule has 0 aromatic heterocycles. The molecule has 0 heterocycles. The molecule has 0 aliphatic carbocycles. The van der Waals surface area contributed by atoms with Crippen molar-refractivity contribution in [2.24, 2.45) is 23.1 Å². The first-order valence-corrected chi connectivity index (χ1v) is 10.8. The van der Waals surface area contributed by atoms with Gasteiger partial charge in [-0.15, -0.1) is 0 Å². The van der Waals surface area contributed by atoms with Crippen molar-refractivity contribution in [3.05, 3.63) is 0 Å². The summed E-state index contributed by atoms with van der Waals surface area (Å²) in [6, 6.07) is -5.27. The zero-order chi connectivity index (χ0) is 26.6. The average molecular weight is 489 g/mol. The summed E-state index contributed by atoms with van der Waals surface area (Å²) in [5.74, 6) is -5.44. The van der Waals surface area contributed by atoms with E-state index in [-0.39, 0.29) is 38.0 Å². The number of amides is 5. The molecule has 5 amide bonds. The van der Waals surface area contributed by atoms with Crippen LogP contribution >= 0.6 is 0 Å². The van der Waals surface area contributed by atoms with Crippen LogP contribution in [0.1, 0.15) is 52.9 Å². The molecule has 14 heteroatoms. The highest BCUT2D eigenvalue weighted by Gasteiger charge is 2.32. The Morgan fingerprint density at radius 1 is 0.765 bits per heavy atom. The Bertz CT molecular complexity index is 757. The van der Waals surface area contributed by atoms with Gasteiger partial charge in [-0.1, -0.05) is 13.8 Å². The predicted octanol–water partition coefficient (Wildman–Crippen LogP) is -3.19. The van der Waals surface area contributed by atoms with E-state index in [1.165, 1.54) is 6.92 Å².